The smallest absolute Gasteiger partial charge is 0.303 e. The largest absolute Gasteiger partial charge is 0.481 e. The number of carboxylic acid groups (broad SMARTS) is 1. The van der Waals surface area contributed by atoms with Gasteiger partial charge in [-0.05, 0) is 42.9 Å². The molecule has 0 radical (unpaired) electrons. The molecule has 25 heavy (non-hydrogen) atoms. The summed E-state index contributed by atoms with van der Waals surface area (Å²) in [4.78, 5) is 10.5. The van der Waals surface area contributed by atoms with Crippen LogP contribution in [0.25, 0.3) is 0 Å². The summed E-state index contributed by atoms with van der Waals surface area (Å²) in [7, 11) is -4.16. The van der Waals surface area contributed by atoms with E-state index in [0.29, 0.717) is 12.3 Å². The van der Waals surface area contributed by atoms with Crippen LogP contribution in [0, 0.1) is 0 Å². The average Bonchev–Trinajstić information content (AvgIpc) is 2.55. The molecule has 1 aromatic rings. The number of carbonyl (C=O) groups is 1. The third-order valence-electron chi connectivity index (χ3n) is 4.50. The molecule has 0 fully saturated rings. The second-order valence-corrected chi connectivity index (χ2v) is 8.00. The molecule has 1 rings (SSSR count). The molecule has 2 N–H and O–H groups in total. The highest BCUT2D eigenvalue weighted by Crippen LogP contribution is 2.29. The molecule has 0 heterocycles. The van der Waals surface area contributed by atoms with Gasteiger partial charge < -0.3 is 5.11 Å². The standard InChI is InChI=1S/C19H30O5S/c1-2-3-4-6-9-16(10-7-5-8-11-19(20)21)17-12-14-18(15-13-17)25(22,23)24/h12-16H,2-11H2,1H3,(H,20,21)(H,22,23,24). The van der Waals surface area contributed by atoms with Gasteiger partial charge in [0.05, 0.1) is 4.90 Å². The van der Waals surface area contributed by atoms with Gasteiger partial charge in [-0.25, -0.2) is 0 Å². The summed E-state index contributed by atoms with van der Waals surface area (Å²) in [5, 5.41) is 8.69. The molecule has 1 atom stereocenters. The molecular formula is C19H30O5S. The summed E-state index contributed by atoms with van der Waals surface area (Å²) in [5.74, 6) is -0.408. The fourth-order valence-electron chi connectivity index (χ4n) is 3.05. The van der Waals surface area contributed by atoms with Crippen molar-refractivity contribution in [2.75, 3.05) is 0 Å². The van der Waals surface area contributed by atoms with Gasteiger partial charge >= 0.3 is 5.97 Å². The highest BCUT2D eigenvalue weighted by atomic mass is 32.2. The van der Waals surface area contributed by atoms with Crippen molar-refractivity contribution < 1.29 is 22.9 Å². The number of hydrogen-bond acceptors (Lipinski definition) is 3. The lowest BCUT2D eigenvalue weighted by Gasteiger charge is -2.18. The van der Waals surface area contributed by atoms with E-state index in [1.807, 2.05) is 0 Å². The minimum Gasteiger partial charge on any atom is -0.481 e. The van der Waals surface area contributed by atoms with E-state index in [1.165, 1.54) is 31.4 Å². The lowest BCUT2D eigenvalue weighted by atomic mass is 9.88. The maximum absolute atomic E-state index is 11.2. The molecule has 0 bridgehead atoms. The van der Waals surface area contributed by atoms with Crippen molar-refractivity contribution in [2.24, 2.45) is 0 Å². The highest BCUT2D eigenvalue weighted by Gasteiger charge is 2.14. The molecule has 142 valence electrons. The van der Waals surface area contributed by atoms with E-state index >= 15 is 0 Å². The van der Waals surface area contributed by atoms with Crippen LogP contribution in [0.1, 0.15) is 82.6 Å². The summed E-state index contributed by atoms with van der Waals surface area (Å²) in [6.45, 7) is 2.17. The fraction of sp³-hybridized carbons (Fsp3) is 0.632. The van der Waals surface area contributed by atoms with Crippen LogP contribution < -0.4 is 0 Å². The van der Waals surface area contributed by atoms with Crippen molar-refractivity contribution >= 4 is 16.1 Å². The first-order chi connectivity index (χ1) is 11.8. The van der Waals surface area contributed by atoms with Crippen LogP contribution in [0.15, 0.2) is 29.2 Å². The lowest BCUT2D eigenvalue weighted by Crippen LogP contribution is -2.02. The van der Waals surface area contributed by atoms with Crippen molar-refractivity contribution in [2.45, 2.75) is 81.9 Å². The Balaban J connectivity index is 2.64. The van der Waals surface area contributed by atoms with Crippen molar-refractivity contribution in [3.05, 3.63) is 29.8 Å². The van der Waals surface area contributed by atoms with Gasteiger partial charge in [-0.15, -0.1) is 0 Å². The van der Waals surface area contributed by atoms with Crippen LogP contribution in [0.3, 0.4) is 0 Å². The second-order valence-electron chi connectivity index (χ2n) is 6.58. The monoisotopic (exact) mass is 370 g/mol. The van der Waals surface area contributed by atoms with E-state index in [0.717, 1.165) is 37.7 Å². The Morgan fingerprint density at radius 1 is 0.960 bits per heavy atom. The minimum absolute atomic E-state index is 0.0811. The number of benzene rings is 1. The van der Waals surface area contributed by atoms with Gasteiger partial charge in [0.1, 0.15) is 0 Å². The minimum atomic E-state index is -4.16. The molecule has 5 nitrogen and oxygen atoms in total. The number of carboxylic acids is 1. The van der Waals surface area contributed by atoms with Gasteiger partial charge in [-0.1, -0.05) is 57.6 Å². The average molecular weight is 371 g/mol. The molecule has 0 aliphatic carbocycles. The fourth-order valence-corrected chi connectivity index (χ4v) is 3.53. The molecule has 0 amide bonds. The van der Waals surface area contributed by atoms with Crippen LogP contribution in [-0.4, -0.2) is 24.0 Å². The Bertz CT molecular complexity index is 607. The van der Waals surface area contributed by atoms with Crippen molar-refractivity contribution in [3.8, 4) is 0 Å². The summed E-state index contributed by atoms with van der Waals surface area (Å²) in [6.07, 6.45) is 9.50. The van der Waals surface area contributed by atoms with Crippen molar-refractivity contribution in [1.82, 2.24) is 0 Å². The Labute approximate surface area is 151 Å². The van der Waals surface area contributed by atoms with Gasteiger partial charge in [-0.2, -0.15) is 8.42 Å². The van der Waals surface area contributed by atoms with Crippen LogP contribution in [0.4, 0.5) is 0 Å². The highest BCUT2D eigenvalue weighted by molar-refractivity contribution is 7.85. The Morgan fingerprint density at radius 2 is 1.52 bits per heavy atom. The van der Waals surface area contributed by atoms with Crippen molar-refractivity contribution in [1.29, 1.82) is 0 Å². The topological polar surface area (TPSA) is 91.7 Å². The third kappa shape index (κ3) is 9.02. The molecule has 1 unspecified atom stereocenters. The number of aliphatic carboxylic acids is 1. The zero-order valence-electron chi connectivity index (χ0n) is 15.0. The van der Waals surface area contributed by atoms with E-state index in [1.54, 1.807) is 12.1 Å². The summed E-state index contributed by atoms with van der Waals surface area (Å²) in [5.41, 5.74) is 1.09. The number of rotatable bonds is 13. The molecule has 0 saturated carbocycles. The first-order valence-corrected chi connectivity index (χ1v) is 10.6. The molecule has 6 heteroatoms. The molecule has 0 aliphatic rings. The van der Waals surface area contributed by atoms with E-state index in [4.69, 9.17) is 9.66 Å². The zero-order chi connectivity index (χ0) is 18.7. The molecule has 0 saturated heterocycles. The normalized spacial score (nSPS) is 12.9. The third-order valence-corrected chi connectivity index (χ3v) is 5.37. The number of hydrogen-bond donors (Lipinski definition) is 2. The quantitative estimate of drug-likeness (QED) is 0.375. The summed E-state index contributed by atoms with van der Waals surface area (Å²) >= 11 is 0. The van der Waals surface area contributed by atoms with E-state index in [-0.39, 0.29) is 11.3 Å². The molecule has 0 aliphatic heterocycles. The SMILES string of the molecule is CCCCCCC(CCCCCC(=O)O)c1ccc(S(=O)(=O)O)cc1. The lowest BCUT2D eigenvalue weighted by molar-refractivity contribution is -0.137. The predicted molar refractivity (Wildman–Crippen MR) is 98.5 cm³/mol. The molecule has 1 aromatic carbocycles. The van der Waals surface area contributed by atoms with E-state index in [9.17, 15) is 13.2 Å². The molecule has 0 aromatic heterocycles. The first kappa shape index (κ1) is 21.6. The van der Waals surface area contributed by atoms with Crippen LogP contribution >= 0.6 is 0 Å². The van der Waals surface area contributed by atoms with Gasteiger partial charge in [0.2, 0.25) is 0 Å². The van der Waals surface area contributed by atoms with Crippen LogP contribution in [0.2, 0.25) is 0 Å². The number of unbranched alkanes of at least 4 members (excludes halogenated alkanes) is 5. The Hall–Kier alpha value is -1.40. The molecule has 0 spiro atoms. The van der Waals surface area contributed by atoms with E-state index in [2.05, 4.69) is 6.92 Å². The van der Waals surface area contributed by atoms with Crippen molar-refractivity contribution in [3.63, 3.8) is 0 Å². The predicted octanol–water partition coefficient (Wildman–Crippen LogP) is 5.02. The zero-order valence-corrected chi connectivity index (χ0v) is 15.8. The molecular weight excluding hydrogens is 340 g/mol. The van der Waals surface area contributed by atoms with E-state index < -0.39 is 16.1 Å². The van der Waals surface area contributed by atoms with Crippen LogP contribution in [0.5, 0.6) is 0 Å². The second kappa shape index (κ2) is 11.3. The Kier molecular flexibility index (Phi) is 9.75. The Morgan fingerprint density at radius 3 is 2.00 bits per heavy atom. The van der Waals surface area contributed by atoms with Gasteiger partial charge in [0, 0.05) is 6.42 Å². The van der Waals surface area contributed by atoms with Crippen LogP contribution in [-0.2, 0) is 14.9 Å². The van der Waals surface area contributed by atoms with Gasteiger partial charge in [-0.3, -0.25) is 9.35 Å². The maximum atomic E-state index is 11.2. The summed E-state index contributed by atoms with van der Waals surface area (Å²) in [6, 6.07) is 6.47. The maximum Gasteiger partial charge on any atom is 0.303 e. The van der Waals surface area contributed by atoms with Gasteiger partial charge in [0.15, 0.2) is 0 Å². The first-order valence-electron chi connectivity index (χ1n) is 9.13. The van der Waals surface area contributed by atoms with Gasteiger partial charge in [0.25, 0.3) is 10.1 Å². The summed E-state index contributed by atoms with van der Waals surface area (Å²) < 4.78 is 31.4.